The lowest BCUT2D eigenvalue weighted by Gasteiger charge is -2.01. The predicted octanol–water partition coefficient (Wildman–Crippen LogP) is 0.590. The summed E-state index contributed by atoms with van der Waals surface area (Å²) in [4.78, 5) is 0. The van der Waals surface area contributed by atoms with E-state index in [1.165, 1.54) is 0 Å². The smallest absolute Gasteiger partial charge is 0.0811 e. The van der Waals surface area contributed by atoms with Crippen molar-refractivity contribution >= 4 is 11.8 Å². The van der Waals surface area contributed by atoms with Gasteiger partial charge in [0.25, 0.3) is 0 Å². The SMILES string of the molecule is CC(CN)SCC#N. The molecule has 46 valence electrons. The zero-order valence-electron chi connectivity index (χ0n) is 4.92. The van der Waals surface area contributed by atoms with E-state index < -0.39 is 0 Å². The van der Waals surface area contributed by atoms with Crippen molar-refractivity contribution in [3.8, 4) is 6.07 Å². The molecule has 0 rings (SSSR count). The third-order valence-corrected chi connectivity index (χ3v) is 1.82. The number of hydrogen-bond donors (Lipinski definition) is 1. The van der Waals surface area contributed by atoms with Gasteiger partial charge in [-0.15, -0.1) is 11.8 Å². The largest absolute Gasteiger partial charge is 0.329 e. The van der Waals surface area contributed by atoms with E-state index in [9.17, 15) is 0 Å². The summed E-state index contributed by atoms with van der Waals surface area (Å²) >= 11 is 1.59. The molecule has 0 aliphatic rings. The van der Waals surface area contributed by atoms with Crippen LogP contribution in [-0.2, 0) is 0 Å². The first kappa shape index (κ1) is 7.80. The van der Waals surface area contributed by atoms with Crippen LogP contribution in [-0.4, -0.2) is 17.5 Å². The van der Waals surface area contributed by atoms with E-state index in [0.29, 0.717) is 17.5 Å². The summed E-state index contributed by atoms with van der Waals surface area (Å²) in [6.07, 6.45) is 0. The topological polar surface area (TPSA) is 49.8 Å². The molecule has 0 bridgehead atoms. The molecule has 3 heteroatoms. The zero-order chi connectivity index (χ0) is 6.41. The Morgan fingerprint density at radius 3 is 2.88 bits per heavy atom. The van der Waals surface area contributed by atoms with Gasteiger partial charge >= 0.3 is 0 Å². The van der Waals surface area contributed by atoms with Gasteiger partial charge < -0.3 is 5.73 Å². The van der Waals surface area contributed by atoms with Crippen molar-refractivity contribution in [3.05, 3.63) is 0 Å². The molecular weight excluding hydrogens is 120 g/mol. The lowest BCUT2D eigenvalue weighted by Crippen LogP contribution is -2.12. The standard InChI is InChI=1S/C5H10N2S/c1-5(4-7)8-3-2-6/h5H,3-4,7H2,1H3. The van der Waals surface area contributed by atoms with E-state index in [1.54, 1.807) is 11.8 Å². The fourth-order valence-corrected chi connectivity index (χ4v) is 0.743. The van der Waals surface area contributed by atoms with E-state index in [2.05, 4.69) is 0 Å². The number of rotatable bonds is 3. The fraction of sp³-hybridized carbons (Fsp3) is 0.800. The molecule has 0 radical (unpaired) electrons. The van der Waals surface area contributed by atoms with Gasteiger partial charge in [0.15, 0.2) is 0 Å². The minimum atomic E-state index is 0.426. The Balaban J connectivity index is 3.01. The average Bonchev–Trinajstić information content (AvgIpc) is 1.83. The lowest BCUT2D eigenvalue weighted by atomic mass is 10.5. The van der Waals surface area contributed by atoms with Crippen LogP contribution in [0.25, 0.3) is 0 Å². The van der Waals surface area contributed by atoms with Crippen molar-refractivity contribution in [2.24, 2.45) is 5.73 Å². The Morgan fingerprint density at radius 2 is 2.50 bits per heavy atom. The molecule has 0 aromatic rings. The summed E-state index contributed by atoms with van der Waals surface area (Å²) in [7, 11) is 0. The highest BCUT2D eigenvalue weighted by molar-refractivity contribution is 8.00. The molecule has 0 heterocycles. The first-order valence-electron chi connectivity index (χ1n) is 2.50. The molecule has 2 nitrogen and oxygen atoms in total. The third-order valence-electron chi connectivity index (χ3n) is 0.764. The van der Waals surface area contributed by atoms with Crippen molar-refractivity contribution in [1.29, 1.82) is 5.26 Å². The van der Waals surface area contributed by atoms with E-state index in [1.807, 2.05) is 13.0 Å². The predicted molar refractivity (Wildman–Crippen MR) is 36.6 cm³/mol. The van der Waals surface area contributed by atoms with Gasteiger partial charge in [-0.1, -0.05) is 6.92 Å². The molecule has 2 N–H and O–H groups in total. The summed E-state index contributed by atoms with van der Waals surface area (Å²) in [6, 6.07) is 2.04. The Morgan fingerprint density at radius 1 is 1.88 bits per heavy atom. The maximum absolute atomic E-state index is 8.10. The summed E-state index contributed by atoms with van der Waals surface area (Å²) in [5.41, 5.74) is 5.28. The van der Waals surface area contributed by atoms with Crippen LogP contribution in [0.15, 0.2) is 0 Å². The minimum absolute atomic E-state index is 0.426. The van der Waals surface area contributed by atoms with E-state index >= 15 is 0 Å². The molecule has 0 amide bonds. The molecule has 0 fully saturated rings. The highest BCUT2D eigenvalue weighted by Gasteiger charge is 1.95. The van der Waals surface area contributed by atoms with Crippen molar-refractivity contribution in [3.63, 3.8) is 0 Å². The number of nitrogens with two attached hydrogens (primary N) is 1. The second-order valence-corrected chi connectivity index (χ2v) is 2.94. The molecule has 0 spiro atoms. The number of nitriles is 1. The van der Waals surface area contributed by atoms with Gasteiger partial charge in [0.05, 0.1) is 11.8 Å². The van der Waals surface area contributed by atoms with Crippen LogP contribution in [0.4, 0.5) is 0 Å². The monoisotopic (exact) mass is 130 g/mol. The highest BCUT2D eigenvalue weighted by Crippen LogP contribution is 2.05. The molecule has 0 saturated carbocycles. The molecule has 1 atom stereocenters. The number of nitrogens with zero attached hydrogens (tertiary/aromatic N) is 1. The number of thioether (sulfide) groups is 1. The van der Waals surface area contributed by atoms with Gasteiger partial charge in [-0.25, -0.2) is 0 Å². The Hall–Kier alpha value is -0.200. The van der Waals surface area contributed by atoms with Crippen molar-refractivity contribution in [2.75, 3.05) is 12.3 Å². The molecule has 0 saturated heterocycles. The van der Waals surface area contributed by atoms with Crippen molar-refractivity contribution in [1.82, 2.24) is 0 Å². The molecule has 0 aliphatic heterocycles. The van der Waals surface area contributed by atoms with Gasteiger partial charge in [-0.05, 0) is 0 Å². The van der Waals surface area contributed by atoms with Crippen LogP contribution >= 0.6 is 11.8 Å². The number of hydrogen-bond acceptors (Lipinski definition) is 3. The normalized spacial score (nSPS) is 12.6. The second kappa shape index (κ2) is 4.95. The van der Waals surface area contributed by atoms with Crippen LogP contribution in [0.2, 0.25) is 0 Å². The Bertz CT molecular complexity index is 86.9. The van der Waals surface area contributed by atoms with Crippen LogP contribution < -0.4 is 5.73 Å². The van der Waals surface area contributed by atoms with Gasteiger partial charge in [0.1, 0.15) is 0 Å². The summed E-state index contributed by atoms with van der Waals surface area (Å²) in [6.45, 7) is 2.67. The highest BCUT2D eigenvalue weighted by atomic mass is 32.2. The van der Waals surface area contributed by atoms with E-state index in [-0.39, 0.29) is 0 Å². The van der Waals surface area contributed by atoms with E-state index in [0.717, 1.165) is 0 Å². The Labute approximate surface area is 54.1 Å². The summed E-state index contributed by atoms with van der Waals surface area (Å²) in [5.74, 6) is 0.554. The molecule has 0 aromatic carbocycles. The first-order valence-corrected chi connectivity index (χ1v) is 3.54. The van der Waals surface area contributed by atoms with Gasteiger partial charge in [-0.2, -0.15) is 5.26 Å². The van der Waals surface area contributed by atoms with Gasteiger partial charge in [0, 0.05) is 11.8 Å². The lowest BCUT2D eigenvalue weighted by molar-refractivity contribution is 0.953. The van der Waals surface area contributed by atoms with Crippen LogP contribution in [0.1, 0.15) is 6.92 Å². The molecule has 0 aliphatic carbocycles. The van der Waals surface area contributed by atoms with Crippen LogP contribution in [0.3, 0.4) is 0 Å². The van der Waals surface area contributed by atoms with Gasteiger partial charge in [-0.3, -0.25) is 0 Å². The average molecular weight is 130 g/mol. The summed E-state index contributed by atoms with van der Waals surface area (Å²) in [5, 5.41) is 8.52. The first-order chi connectivity index (χ1) is 3.81. The fourth-order valence-electron chi connectivity index (χ4n) is 0.248. The second-order valence-electron chi connectivity index (χ2n) is 1.52. The molecule has 1 unspecified atom stereocenters. The molecule has 0 aromatic heterocycles. The van der Waals surface area contributed by atoms with Gasteiger partial charge in [0.2, 0.25) is 0 Å². The van der Waals surface area contributed by atoms with Crippen molar-refractivity contribution in [2.45, 2.75) is 12.2 Å². The minimum Gasteiger partial charge on any atom is -0.329 e. The quantitative estimate of drug-likeness (QED) is 0.608. The molecule has 8 heavy (non-hydrogen) atoms. The van der Waals surface area contributed by atoms with E-state index in [4.69, 9.17) is 11.0 Å². The maximum atomic E-state index is 8.10. The maximum Gasteiger partial charge on any atom is 0.0811 e. The third kappa shape index (κ3) is 3.97. The van der Waals surface area contributed by atoms with Crippen molar-refractivity contribution < 1.29 is 0 Å². The van der Waals surface area contributed by atoms with Crippen LogP contribution in [0.5, 0.6) is 0 Å². The zero-order valence-corrected chi connectivity index (χ0v) is 5.74. The summed E-state index contributed by atoms with van der Waals surface area (Å²) < 4.78 is 0. The Kier molecular flexibility index (Phi) is 4.82. The van der Waals surface area contributed by atoms with Crippen LogP contribution in [0, 0.1) is 11.3 Å². The molecular formula is C5H10N2S.